The Balaban J connectivity index is 0.000000561. The molecule has 1 aromatic heterocycles. The van der Waals surface area contributed by atoms with E-state index in [1.54, 1.807) is 7.11 Å². The second-order valence-electron chi connectivity index (χ2n) is 2.30. The average molecular weight is 167 g/mol. The van der Waals surface area contributed by atoms with Gasteiger partial charge < -0.3 is 4.74 Å². The quantitative estimate of drug-likeness (QED) is 0.641. The highest BCUT2D eigenvalue weighted by molar-refractivity contribution is 5.29. The van der Waals surface area contributed by atoms with Crippen molar-refractivity contribution in [3.8, 4) is 5.75 Å². The number of aromatic nitrogens is 1. The van der Waals surface area contributed by atoms with Crippen LogP contribution in [0.15, 0.2) is 12.3 Å². The predicted octanol–water partition coefficient (Wildman–Crippen LogP) is 2.73. The lowest BCUT2D eigenvalue weighted by molar-refractivity contribution is 0.409. The van der Waals surface area contributed by atoms with E-state index in [1.165, 1.54) is 0 Å². The molecular weight excluding hydrogens is 150 g/mol. The van der Waals surface area contributed by atoms with Crippen molar-refractivity contribution in [3.63, 3.8) is 0 Å². The third-order valence-corrected chi connectivity index (χ3v) is 1.40. The molecule has 0 fully saturated rings. The molecule has 0 aromatic carbocycles. The highest BCUT2D eigenvalue weighted by Gasteiger charge is 1.96. The van der Waals surface area contributed by atoms with Crippen LogP contribution in [-0.2, 0) is 0 Å². The van der Waals surface area contributed by atoms with Gasteiger partial charge in [0.1, 0.15) is 5.75 Å². The third kappa shape index (κ3) is 2.91. The van der Waals surface area contributed by atoms with Gasteiger partial charge in [0.25, 0.3) is 0 Å². The van der Waals surface area contributed by atoms with Crippen molar-refractivity contribution in [2.45, 2.75) is 27.7 Å². The molecule has 2 nitrogen and oxygen atoms in total. The number of hydrogen-bond acceptors (Lipinski definition) is 2. The van der Waals surface area contributed by atoms with E-state index in [2.05, 4.69) is 4.98 Å². The summed E-state index contributed by atoms with van der Waals surface area (Å²) in [7, 11) is 1.66. The monoisotopic (exact) mass is 167 g/mol. The van der Waals surface area contributed by atoms with E-state index in [0.29, 0.717) is 0 Å². The fraction of sp³-hybridized carbons (Fsp3) is 0.500. The second kappa shape index (κ2) is 5.58. The maximum Gasteiger partial charge on any atom is 0.140 e. The Morgan fingerprint density at radius 2 is 1.83 bits per heavy atom. The van der Waals surface area contributed by atoms with Gasteiger partial charge in [-0.05, 0) is 25.5 Å². The Bertz CT molecular complexity index is 233. The zero-order valence-corrected chi connectivity index (χ0v) is 8.51. The predicted molar refractivity (Wildman–Crippen MR) is 51.6 cm³/mol. The van der Waals surface area contributed by atoms with Crippen molar-refractivity contribution in [2.75, 3.05) is 7.11 Å². The first-order valence-corrected chi connectivity index (χ1v) is 4.21. The van der Waals surface area contributed by atoms with Crippen LogP contribution in [0.3, 0.4) is 0 Å². The van der Waals surface area contributed by atoms with Gasteiger partial charge in [0.15, 0.2) is 0 Å². The number of pyridine rings is 1. The molecule has 0 unspecified atom stereocenters. The SMILES string of the molecule is CC.COc1cc(C)cnc1C. The first kappa shape index (κ1) is 11.0. The highest BCUT2D eigenvalue weighted by Crippen LogP contribution is 2.14. The van der Waals surface area contributed by atoms with Gasteiger partial charge in [-0.1, -0.05) is 13.8 Å². The van der Waals surface area contributed by atoms with Crippen LogP contribution < -0.4 is 4.74 Å². The molecule has 0 spiro atoms. The van der Waals surface area contributed by atoms with E-state index in [1.807, 2.05) is 40.0 Å². The number of ether oxygens (including phenoxy) is 1. The molecule has 0 aliphatic heterocycles. The van der Waals surface area contributed by atoms with Crippen LogP contribution >= 0.6 is 0 Å². The standard InChI is InChI=1S/C8H11NO.C2H6/c1-6-4-8(10-3)7(2)9-5-6;1-2/h4-5H,1-3H3;1-2H3. The van der Waals surface area contributed by atoms with Gasteiger partial charge in [-0.15, -0.1) is 0 Å². The number of rotatable bonds is 1. The molecule has 1 rings (SSSR count). The van der Waals surface area contributed by atoms with E-state index >= 15 is 0 Å². The molecular formula is C10H17NO. The summed E-state index contributed by atoms with van der Waals surface area (Å²) < 4.78 is 5.06. The molecule has 0 saturated carbocycles. The number of aryl methyl sites for hydroxylation is 2. The van der Waals surface area contributed by atoms with Gasteiger partial charge in [-0.25, -0.2) is 0 Å². The normalized spacial score (nSPS) is 8.42. The van der Waals surface area contributed by atoms with Gasteiger partial charge >= 0.3 is 0 Å². The molecule has 68 valence electrons. The Labute approximate surface area is 74.6 Å². The van der Waals surface area contributed by atoms with Gasteiger partial charge in [0.2, 0.25) is 0 Å². The van der Waals surface area contributed by atoms with Gasteiger partial charge in [0, 0.05) is 6.20 Å². The molecule has 1 heterocycles. The van der Waals surface area contributed by atoms with Crippen molar-refractivity contribution < 1.29 is 4.74 Å². The zero-order valence-electron chi connectivity index (χ0n) is 8.51. The Kier molecular flexibility index (Phi) is 5.09. The van der Waals surface area contributed by atoms with Crippen LogP contribution in [0.1, 0.15) is 25.1 Å². The fourth-order valence-corrected chi connectivity index (χ4v) is 0.817. The summed E-state index contributed by atoms with van der Waals surface area (Å²) in [4.78, 5) is 4.12. The van der Waals surface area contributed by atoms with Crippen LogP contribution in [0.5, 0.6) is 5.75 Å². The molecule has 0 bridgehead atoms. The van der Waals surface area contributed by atoms with Crippen molar-refractivity contribution >= 4 is 0 Å². The topological polar surface area (TPSA) is 22.1 Å². The lowest BCUT2D eigenvalue weighted by Crippen LogP contribution is -1.90. The average Bonchev–Trinajstić information content (AvgIpc) is 2.13. The molecule has 0 N–H and O–H groups in total. The highest BCUT2D eigenvalue weighted by atomic mass is 16.5. The summed E-state index contributed by atoms with van der Waals surface area (Å²) in [5.74, 6) is 0.861. The van der Waals surface area contributed by atoms with Crippen LogP contribution in [0.4, 0.5) is 0 Å². The summed E-state index contributed by atoms with van der Waals surface area (Å²) >= 11 is 0. The molecule has 0 aliphatic rings. The maximum absolute atomic E-state index is 5.06. The largest absolute Gasteiger partial charge is 0.495 e. The van der Waals surface area contributed by atoms with E-state index in [-0.39, 0.29) is 0 Å². The molecule has 0 saturated heterocycles. The summed E-state index contributed by atoms with van der Waals surface area (Å²) in [6.07, 6.45) is 1.83. The van der Waals surface area contributed by atoms with Gasteiger partial charge in [-0.3, -0.25) is 4.98 Å². The third-order valence-electron chi connectivity index (χ3n) is 1.40. The van der Waals surface area contributed by atoms with E-state index in [0.717, 1.165) is 17.0 Å². The number of nitrogens with zero attached hydrogens (tertiary/aromatic N) is 1. The summed E-state index contributed by atoms with van der Waals surface area (Å²) in [6.45, 7) is 7.92. The molecule has 12 heavy (non-hydrogen) atoms. The number of hydrogen-bond donors (Lipinski definition) is 0. The molecule has 2 heteroatoms. The minimum Gasteiger partial charge on any atom is -0.495 e. The maximum atomic E-state index is 5.06. The molecule has 0 amide bonds. The van der Waals surface area contributed by atoms with Crippen LogP contribution in [0.2, 0.25) is 0 Å². The van der Waals surface area contributed by atoms with E-state index < -0.39 is 0 Å². The van der Waals surface area contributed by atoms with Crippen molar-refractivity contribution in [2.24, 2.45) is 0 Å². The van der Waals surface area contributed by atoms with Crippen molar-refractivity contribution in [1.82, 2.24) is 4.98 Å². The lowest BCUT2D eigenvalue weighted by Gasteiger charge is -2.02. The summed E-state index contributed by atoms with van der Waals surface area (Å²) in [5, 5.41) is 0. The molecule has 0 radical (unpaired) electrons. The Morgan fingerprint density at radius 1 is 1.25 bits per heavy atom. The first-order valence-electron chi connectivity index (χ1n) is 4.21. The van der Waals surface area contributed by atoms with Crippen molar-refractivity contribution in [1.29, 1.82) is 0 Å². The Morgan fingerprint density at radius 3 is 2.25 bits per heavy atom. The Hall–Kier alpha value is -1.05. The van der Waals surface area contributed by atoms with Crippen LogP contribution in [0.25, 0.3) is 0 Å². The summed E-state index contributed by atoms with van der Waals surface area (Å²) in [6, 6.07) is 1.97. The summed E-state index contributed by atoms with van der Waals surface area (Å²) in [5.41, 5.74) is 2.07. The zero-order chi connectivity index (χ0) is 9.56. The van der Waals surface area contributed by atoms with Crippen LogP contribution in [-0.4, -0.2) is 12.1 Å². The minimum absolute atomic E-state index is 0.861. The smallest absolute Gasteiger partial charge is 0.140 e. The number of methoxy groups -OCH3 is 1. The molecule has 0 atom stereocenters. The molecule has 0 aliphatic carbocycles. The fourth-order valence-electron chi connectivity index (χ4n) is 0.817. The van der Waals surface area contributed by atoms with Crippen molar-refractivity contribution in [3.05, 3.63) is 23.5 Å². The minimum atomic E-state index is 0.861. The lowest BCUT2D eigenvalue weighted by atomic mass is 10.2. The van der Waals surface area contributed by atoms with Gasteiger partial charge in [-0.2, -0.15) is 0 Å². The van der Waals surface area contributed by atoms with Crippen LogP contribution in [0, 0.1) is 13.8 Å². The van der Waals surface area contributed by atoms with Gasteiger partial charge in [0.05, 0.1) is 12.8 Å². The molecule has 1 aromatic rings. The van der Waals surface area contributed by atoms with E-state index in [9.17, 15) is 0 Å². The first-order chi connectivity index (χ1) is 5.74. The van der Waals surface area contributed by atoms with E-state index in [4.69, 9.17) is 4.74 Å². The second-order valence-corrected chi connectivity index (χ2v) is 2.30.